The number of aliphatic hydroxyl groups excluding tert-OH is 1. The van der Waals surface area contributed by atoms with E-state index in [0.29, 0.717) is 30.0 Å². The lowest BCUT2D eigenvalue weighted by atomic mass is 10.1. The fourth-order valence-electron chi connectivity index (χ4n) is 1.50. The lowest BCUT2D eigenvalue weighted by Crippen LogP contribution is -2.34. The van der Waals surface area contributed by atoms with Crippen LogP contribution in [0.4, 0.5) is 5.69 Å². The molecule has 0 radical (unpaired) electrons. The van der Waals surface area contributed by atoms with Crippen molar-refractivity contribution in [1.82, 2.24) is 0 Å². The van der Waals surface area contributed by atoms with Crippen molar-refractivity contribution in [3.63, 3.8) is 0 Å². The highest BCUT2D eigenvalue weighted by molar-refractivity contribution is 5.94. The molecule has 0 saturated heterocycles. The molecule has 18 heavy (non-hydrogen) atoms. The molecule has 0 aliphatic carbocycles. The molecule has 1 atom stereocenters. The summed E-state index contributed by atoms with van der Waals surface area (Å²) in [6.45, 7) is 4.11. The van der Waals surface area contributed by atoms with E-state index in [-0.39, 0.29) is 12.5 Å². The Morgan fingerprint density at radius 2 is 2.22 bits per heavy atom. The number of hydrogen-bond acceptors (Lipinski definition) is 4. The van der Waals surface area contributed by atoms with Crippen LogP contribution in [-0.4, -0.2) is 23.7 Å². The van der Waals surface area contributed by atoms with Crippen LogP contribution in [0.5, 0.6) is 5.75 Å². The predicted octanol–water partition coefficient (Wildman–Crippen LogP) is 1.25. The van der Waals surface area contributed by atoms with Crippen LogP contribution in [-0.2, 0) is 11.4 Å². The number of ether oxygens (including phenoxy) is 1. The first-order valence-corrected chi connectivity index (χ1v) is 6.05. The zero-order valence-electron chi connectivity index (χ0n) is 10.8. The molecule has 5 nitrogen and oxygen atoms in total. The van der Waals surface area contributed by atoms with Gasteiger partial charge in [0.2, 0.25) is 5.91 Å². The summed E-state index contributed by atoms with van der Waals surface area (Å²) >= 11 is 0. The third kappa shape index (κ3) is 3.72. The van der Waals surface area contributed by atoms with Gasteiger partial charge in [-0.25, -0.2) is 0 Å². The summed E-state index contributed by atoms with van der Waals surface area (Å²) in [5.41, 5.74) is 6.87. The van der Waals surface area contributed by atoms with Crippen LogP contribution < -0.4 is 15.8 Å². The highest BCUT2D eigenvalue weighted by atomic mass is 16.5. The van der Waals surface area contributed by atoms with Crippen LogP contribution in [0.25, 0.3) is 0 Å². The molecule has 0 bridgehead atoms. The van der Waals surface area contributed by atoms with Gasteiger partial charge in [-0.2, -0.15) is 0 Å². The molecule has 4 N–H and O–H groups in total. The highest BCUT2D eigenvalue weighted by Gasteiger charge is 2.12. The summed E-state index contributed by atoms with van der Waals surface area (Å²) in [5, 5.41) is 11.9. The van der Waals surface area contributed by atoms with E-state index >= 15 is 0 Å². The van der Waals surface area contributed by atoms with E-state index < -0.39 is 6.04 Å². The number of benzene rings is 1. The predicted molar refractivity (Wildman–Crippen MR) is 70.4 cm³/mol. The van der Waals surface area contributed by atoms with Crippen LogP contribution in [0, 0.1) is 0 Å². The maximum Gasteiger partial charge on any atom is 0.241 e. The van der Waals surface area contributed by atoms with E-state index in [1.54, 1.807) is 18.2 Å². The van der Waals surface area contributed by atoms with Crippen molar-refractivity contribution in [2.45, 2.75) is 32.9 Å². The van der Waals surface area contributed by atoms with E-state index in [0.717, 1.165) is 0 Å². The summed E-state index contributed by atoms with van der Waals surface area (Å²) in [4.78, 5) is 11.6. The Bertz CT molecular complexity index is 407. The first-order valence-electron chi connectivity index (χ1n) is 6.05. The van der Waals surface area contributed by atoms with E-state index in [4.69, 9.17) is 10.5 Å². The van der Waals surface area contributed by atoms with Gasteiger partial charge in [0.15, 0.2) is 0 Å². The maximum absolute atomic E-state index is 11.6. The molecule has 0 fully saturated rings. The standard InChI is InChI=1S/C13H20N2O3/c1-3-11(14)13(17)15-10-5-6-12(18-4-2)9(7-10)8-16/h5-7,11,16H,3-4,8,14H2,1-2H3,(H,15,17). The molecule has 1 unspecified atom stereocenters. The molecule has 1 rings (SSSR count). The molecular formula is C13H20N2O3. The lowest BCUT2D eigenvalue weighted by Gasteiger charge is -2.13. The minimum Gasteiger partial charge on any atom is -0.494 e. The summed E-state index contributed by atoms with van der Waals surface area (Å²) in [7, 11) is 0. The van der Waals surface area contributed by atoms with Crippen molar-refractivity contribution < 1.29 is 14.6 Å². The molecule has 100 valence electrons. The summed E-state index contributed by atoms with van der Waals surface area (Å²) < 4.78 is 5.36. The van der Waals surface area contributed by atoms with Gasteiger partial charge < -0.3 is 20.9 Å². The minimum atomic E-state index is -0.519. The summed E-state index contributed by atoms with van der Waals surface area (Å²) in [6, 6.07) is 4.62. The van der Waals surface area contributed by atoms with Crippen molar-refractivity contribution in [3.05, 3.63) is 23.8 Å². The number of anilines is 1. The second-order valence-electron chi connectivity index (χ2n) is 3.92. The van der Waals surface area contributed by atoms with Crippen molar-refractivity contribution in [3.8, 4) is 5.75 Å². The van der Waals surface area contributed by atoms with Gasteiger partial charge in [-0.3, -0.25) is 4.79 Å². The van der Waals surface area contributed by atoms with Crippen LogP contribution in [0.3, 0.4) is 0 Å². The Labute approximate surface area is 107 Å². The Hall–Kier alpha value is -1.59. The molecule has 5 heteroatoms. The van der Waals surface area contributed by atoms with Gasteiger partial charge in [-0.1, -0.05) is 6.92 Å². The van der Waals surface area contributed by atoms with Gasteiger partial charge in [0, 0.05) is 11.3 Å². The fraction of sp³-hybridized carbons (Fsp3) is 0.462. The van der Waals surface area contributed by atoms with Crippen LogP contribution >= 0.6 is 0 Å². The second kappa shape index (κ2) is 6.98. The second-order valence-corrected chi connectivity index (χ2v) is 3.92. The first-order chi connectivity index (χ1) is 8.62. The van der Waals surface area contributed by atoms with Crippen LogP contribution in [0.15, 0.2) is 18.2 Å². The number of rotatable bonds is 6. The van der Waals surface area contributed by atoms with E-state index in [2.05, 4.69) is 5.32 Å². The monoisotopic (exact) mass is 252 g/mol. The number of hydrogen-bond donors (Lipinski definition) is 3. The zero-order chi connectivity index (χ0) is 13.5. The molecule has 1 amide bonds. The van der Waals surface area contributed by atoms with Gasteiger partial charge >= 0.3 is 0 Å². The molecule has 0 aromatic heterocycles. The number of nitrogens with two attached hydrogens (primary N) is 1. The molecule has 1 aromatic carbocycles. The largest absolute Gasteiger partial charge is 0.494 e. The maximum atomic E-state index is 11.6. The molecule has 1 aromatic rings. The summed E-state index contributed by atoms with van der Waals surface area (Å²) in [6.07, 6.45) is 0.579. The topological polar surface area (TPSA) is 84.6 Å². The third-order valence-corrected chi connectivity index (χ3v) is 2.57. The number of amides is 1. The zero-order valence-corrected chi connectivity index (χ0v) is 10.8. The van der Waals surface area contributed by atoms with E-state index in [9.17, 15) is 9.90 Å². The quantitative estimate of drug-likeness (QED) is 0.711. The number of carbonyl (C=O) groups is 1. The molecule has 0 saturated carbocycles. The Balaban J connectivity index is 2.82. The first kappa shape index (κ1) is 14.5. The van der Waals surface area contributed by atoms with Crippen LogP contribution in [0.1, 0.15) is 25.8 Å². The number of aliphatic hydroxyl groups is 1. The Morgan fingerprint density at radius 3 is 2.78 bits per heavy atom. The highest BCUT2D eigenvalue weighted by Crippen LogP contribution is 2.23. The fourth-order valence-corrected chi connectivity index (χ4v) is 1.50. The van der Waals surface area contributed by atoms with Gasteiger partial charge in [0.25, 0.3) is 0 Å². The normalized spacial score (nSPS) is 12.0. The minimum absolute atomic E-state index is 0.140. The van der Waals surface area contributed by atoms with Crippen molar-refractivity contribution >= 4 is 11.6 Å². The SMILES string of the molecule is CCOc1ccc(NC(=O)C(N)CC)cc1CO. The van der Waals surface area contributed by atoms with E-state index in [1.807, 2.05) is 13.8 Å². The average molecular weight is 252 g/mol. The molecule has 0 spiro atoms. The Morgan fingerprint density at radius 1 is 1.50 bits per heavy atom. The van der Waals surface area contributed by atoms with Crippen molar-refractivity contribution in [2.75, 3.05) is 11.9 Å². The molecule has 0 aliphatic rings. The van der Waals surface area contributed by atoms with Gasteiger partial charge in [0.1, 0.15) is 5.75 Å². The number of nitrogens with one attached hydrogen (secondary N) is 1. The van der Waals surface area contributed by atoms with Crippen molar-refractivity contribution in [1.29, 1.82) is 0 Å². The molecule has 0 aliphatic heterocycles. The molecule has 0 heterocycles. The average Bonchev–Trinajstić information content (AvgIpc) is 2.39. The molecular weight excluding hydrogens is 232 g/mol. The van der Waals surface area contributed by atoms with E-state index in [1.165, 1.54) is 0 Å². The van der Waals surface area contributed by atoms with Crippen LogP contribution in [0.2, 0.25) is 0 Å². The Kier molecular flexibility index (Phi) is 5.61. The smallest absolute Gasteiger partial charge is 0.241 e. The van der Waals surface area contributed by atoms with Gasteiger partial charge in [-0.05, 0) is 31.5 Å². The van der Waals surface area contributed by atoms with Crippen molar-refractivity contribution in [2.24, 2.45) is 5.73 Å². The lowest BCUT2D eigenvalue weighted by molar-refractivity contribution is -0.117. The van der Waals surface area contributed by atoms with Gasteiger partial charge in [0.05, 0.1) is 19.3 Å². The van der Waals surface area contributed by atoms with Gasteiger partial charge in [-0.15, -0.1) is 0 Å². The summed E-state index contributed by atoms with van der Waals surface area (Å²) in [5.74, 6) is 0.392. The number of carbonyl (C=O) groups excluding carboxylic acids is 1. The third-order valence-electron chi connectivity index (χ3n) is 2.57.